The largest absolute Gasteiger partial charge is 0.496 e. The lowest BCUT2D eigenvalue weighted by Gasteiger charge is -2.32. The molecule has 0 spiro atoms. The van der Waals surface area contributed by atoms with Crippen LogP contribution < -0.4 is 14.2 Å². The third kappa shape index (κ3) is 3.90. The molecule has 0 bridgehead atoms. The summed E-state index contributed by atoms with van der Waals surface area (Å²) in [5.74, 6) is 3.09. The molecule has 6 heteroatoms. The Kier molecular flexibility index (Phi) is 5.53. The fourth-order valence-electron chi connectivity index (χ4n) is 4.12. The number of nitrogens with one attached hydrogen (secondary N) is 1. The van der Waals surface area contributed by atoms with Gasteiger partial charge < -0.3 is 14.2 Å². The quantitative estimate of drug-likeness (QED) is 0.871. The van der Waals surface area contributed by atoms with Gasteiger partial charge in [-0.25, -0.2) is 0 Å². The Morgan fingerprint density at radius 1 is 1.15 bits per heavy atom. The van der Waals surface area contributed by atoms with Crippen LogP contribution in [0, 0.1) is 0 Å². The van der Waals surface area contributed by atoms with Gasteiger partial charge in [-0.1, -0.05) is 6.92 Å². The predicted molar refractivity (Wildman–Crippen MR) is 104 cm³/mol. The lowest BCUT2D eigenvalue weighted by Crippen LogP contribution is -2.33. The minimum atomic E-state index is 0.587. The zero-order valence-electron chi connectivity index (χ0n) is 16.3. The molecular formula is C21H29N3O3. The van der Waals surface area contributed by atoms with E-state index in [4.69, 9.17) is 14.2 Å². The second-order valence-electron chi connectivity index (χ2n) is 7.37. The topological polar surface area (TPSA) is 59.6 Å². The molecule has 2 aliphatic heterocycles. The average Bonchev–Trinajstić information content (AvgIpc) is 3.06. The van der Waals surface area contributed by atoms with E-state index >= 15 is 0 Å². The van der Waals surface area contributed by atoms with Gasteiger partial charge in [0.1, 0.15) is 5.75 Å². The van der Waals surface area contributed by atoms with Crippen LogP contribution in [0.25, 0.3) is 0 Å². The van der Waals surface area contributed by atoms with Crippen molar-refractivity contribution in [3.05, 3.63) is 35.2 Å². The van der Waals surface area contributed by atoms with Crippen LogP contribution in [-0.4, -0.2) is 48.5 Å². The summed E-state index contributed by atoms with van der Waals surface area (Å²) >= 11 is 0. The van der Waals surface area contributed by atoms with E-state index < -0.39 is 0 Å². The van der Waals surface area contributed by atoms with Crippen LogP contribution in [0.15, 0.2) is 18.3 Å². The number of hydrogen-bond acceptors (Lipinski definition) is 5. The SMILES string of the molecule is CCc1cn[nH]c1C1CCN(Cc2cc3c(cc2OC)OCCCO3)CC1. The Morgan fingerprint density at radius 3 is 2.59 bits per heavy atom. The lowest BCUT2D eigenvalue weighted by molar-refractivity contribution is 0.200. The molecule has 1 aromatic carbocycles. The highest BCUT2D eigenvalue weighted by Crippen LogP contribution is 2.38. The van der Waals surface area contributed by atoms with Gasteiger partial charge in [-0.05, 0) is 44.0 Å². The minimum Gasteiger partial charge on any atom is -0.496 e. The van der Waals surface area contributed by atoms with Crippen LogP contribution in [0.4, 0.5) is 0 Å². The van der Waals surface area contributed by atoms with Crippen LogP contribution in [0.5, 0.6) is 17.2 Å². The molecule has 1 N–H and O–H groups in total. The normalized spacial score (nSPS) is 18.3. The maximum atomic E-state index is 5.86. The molecule has 1 fully saturated rings. The number of hydrogen-bond donors (Lipinski definition) is 1. The van der Waals surface area contributed by atoms with Crippen molar-refractivity contribution < 1.29 is 14.2 Å². The highest BCUT2D eigenvalue weighted by Gasteiger charge is 2.25. The number of H-pyrrole nitrogens is 1. The van der Waals surface area contributed by atoms with Crippen molar-refractivity contribution >= 4 is 0 Å². The summed E-state index contributed by atoms with van der Waals surface area (Å²) in [5.41, 5.74) is 3.86. The number of nitrogens with zero attached hydrogens (tertiary/aromatic N) is 2. The molecule has 2 aromatic rings. The smallest absolute Gasteiger partial charge is 0.164 e. The molecule has 2 aliphatic rings. The third-order valence-electron chi connectivity index (χ3n) is 5.67. The summed E-state index contributed by atoms with van der Waals surface area (Å²) in [7, 11) is 1.72. The van der Waals surface area contributed by atoms with Crippen LogP contribution in [-0.2, 0) is 13.0 Å². The fraction of sp³-hybridized carbons (Fsp3) is 0.571. The molecule has 4 rings (SSSR count). The van der Waals surface area contributed by atoms with E-state index in [2.05, 4.69) is 28.1 Å². The predicted octanol–water partition coefficient (Wildman–Crippen LogP) is 3.52. The minimum absolute atomic E-state index is 0.587. The van der Waals surface area contributed by atoms with Gasteiger partial charge >= 0.3 is 0 Å². The summed E-state index contributed by atoms with van der Waals surface area (Å²) in [6, 6.07) is 4.07. The van der Waals surface area contributed by atoms with Gasteiger partial charge in [-0.15, -0.1) is 0 Å². The maximum Gasteiger partial charge on any atom is 0.164 e. The van der Waals surface area contributed by atoms with E-state index in [1.54, 1.807) is 7.11 Å². The van der Waals surface area contributed by atoms with Gasteiger partial charge in [0, 0.05) is 36.2 Å². The van der Waals surface area contributed by atoms with Crippen LogP contribution >= 0.6 is 0 Å². The number of likely N-dealkylation sites (tertiary alicyclic amines) is 1. The van der Waals surface area contributed by atoms with Crippen molar-refractivity contribution in [2.45, 2.75) is 45.1 Å². The molecular weight excluding hydrogens is 342 g/mol. The standard InChI is InChI=1S/C21H29N3O3/c1-3-15-13-22-23-21(15)16-5-7-24(8-6-16)14-17-11-19-20(12-18(17)25-2)27-10-4-9-26-19/h11-13,16H,3-10,14H2,1-2H3,(H,22,23). The Balaban J connectivity index is 1.43. The van der Waals surface area contributed by atoms with Gasteiger partial charge in [0.15, 0.2) is 11.5 Å². The van der Waals surface area contributed by atoms with E-state index in [0.717, 1.165) is 68.1 Å². The first-order valence-corrected chi connectivity index (χ1v) is 9.99. The van der Waals surface area contributed by atoms with E-state index in [9.17, 15) is 0 Å². The number of piperidine rings is 1. The average molecular weight is 371 g/mol. The first-order valence-electron chi connectivity index (χ1n) is 9.99. The molecule has 146 valence electrons. The molecule has 3 heterocycles. The van der Waals surface area contributed by atoms with E-state index in [-0.39, 0.29) is 0 Å². The highest BCUT2D eigenvalue weighted by molar-refractivity contribution is 5.51. The third-order valence-corrected chi connectivity index (χ3v) is 5.67. The summed E-state index contributed by atoms with van der Waals surface area (Å²) in [4.78, 5) is 2.50. The number of aromatic nitrogens is 2. The molecule has 0 unspecified atom stereocenters. The fourth-order valence-corrected chi connectivity index (χ4v) is 4.12. The van der Waals surface area contributed by atoms with Gasteiger partial charge in [0.2, 0.25) is 0 Å². The van der Waals surface area contributed by atoms with Gasteiger partial charge in [0.05, 0.1) is 26.5 Å². The zero-order valence-corrected chi connectivity index (χ0v) is 16.3. The Labute approximate surface area is 160 Å². The first-order chi connectivity index (χ1) is 13.3. The van der Waals surface area contributed by atoms with Gasteiger partial charge in [-0.2, -0.15) is 5.10 Å². The molecule has 6 nitrogen and oxygen atoms in total. The van der Waals surface area contributed by atoms with Crippen molar-refractivity contribution in [1.82, 2.24) is 15.1 Å². The second-order valence-corrected chi connectivity index (χ2v) is 7.37. The number of fused-ring (bicyclic) bond motifs is 1. The first kappa shape index (κ1) is 18.2. The van der Waals surface area contributed by atoms with Gasteiger partial charge in [0.25, 0.3) is 0 Å². The molecule has 0 radical (unpaired) electrons. The molecule has 27 heavy (non-hydrogen) atoms. The number of benzene rings is 1. The number of aryl methyl sites for hydroxylation is 1. The molecule has 1 aromatic heterocycles. The zero-order chi connectivity index (χ0) is 18.6. The summed E-state index contributed by atoms with van der Waals surface area (Å²) in [6.07, 6.45) is 6.24. The Morgan fingerprint density at radius 2 is 1.89 bits per heavy atom. The lowest BCUT2D eigenvalue weighted by atomic mass is 9.90. The van der Waals surface area contributed by atoms with Gasteiger partial charge in [-0.3, -0.25) is 10.00 Å². The van der Waals surface area contributed by atoms with E-state index in [1.807, 2.05) is 12.3 Å². The number of ether oxygens (including phenoxy) is 3. The molecule has 1 saturated heterocycles. The summed E-state index contributed by atoms with van der Waals surface area (Å²) in [5, 5.41) is 7.48. The van der Waals surface area contributed by atoms with Crippen molar-refractivity contribution in [3.8, 4) is 17.2 Å². The monoisotopic (exact) mass is 371 g/mol. The molecule has 0 aliphatic carbocycles. The van der Waals surface area contributed by atoms with Crippen LogP contribution in [0.3, 0.4) is 0 Å². The Hall–Kier alpha value is -2.21. The van der Waals surface area contributed by atoms with Crippen molar-refractivity contribution in [1.29, 1.82) is 0 Å². The highest BCUT2D eigenvalue weighted by atomic mass is 16.5. The van der Waals surface area contributed by atoms with E-state index in [1.165, 1.54) is 11.3 Å². The van der Waals surface area contributed by atoms with Crippen molar-refractivity contribution in [2.24, 2.45) is 0 Å². The summed E-state index contributed by atoms with van der Waals surface area (Å²) < 4.78 is 17.3. The van der Waals surface area contributed by atoms with Crippen molar-refractivity contribution in [2.75, 3.05) is 33.4 Å². The molecule has 0 amide bonds. The summed E-state index contributed by atoms with van der Waals surface area (Å²) in [6.45, 7) is 6.61. The van der Waals surface area contributed by atoms with Crippen molar-refractivity contribution in [3.63, 3.8) is 0 Å². The second kappa shape index (κ2) is 8.21. The maximum absolute atomic E-state index is 5.86. The van der Waals surface area contributed by atoms with Crippen LogP contribution in [0.2, 0.25) is 0 Å². The van der Waals surface area contributed by atoms with Crippen LogP contribution in [0.1, 0.15) is 48.9 Å². The Bertz CT molecular complexity index is 766. The number of rotatable bonds is 5. The molecule has 0 saturated carbocycles. The molecule has 0 atom stereocenters. The number of methoxy groups -OCH3 is 1. The van der Waals surface area contributed by atoms with E-state index in [0.29, 0.717) is 19.1 Å². The number of aromatic amines is 1.